The van der Waals surface area contributed by atoms with E-state index in [0.717, 1.165) is 36.8 Å². The average molecular weight is 472 g/mol. The predicted octanol–water partition coefficient (Wildman–Crippen LogP) is 5.32. The first-order valence-corrected chi connectivity index (χ1v) is 12.0. The lowest BCUT2D eigenvalue weighted by Gasteiger charge is -2.22. The standard InChI is InChI=1S/C27H37NO6/c1-3-5-6-10-17-28(27(31)34-21-23-11-8-7-9-12-23)18-19-33-24-15-13-22(14-16-24)20-25(26(29)30)32-4-2/h7-9,11-16,25H,3-6,10,17-21H2,1-2H3,(H,29,30). The summed E-state index contributed by atoms with van der Waals surface area (Å²) in [5.41, 5.74) is 1.81. The van der Waals surface area contributed by atoms with Crippen molar-refractivity contribution in [3.8, 4) is 5.75 Å². The van der Waals surface area contributed by atoms with Crippen molar-refractivity contribution in [2.75, 3.05) is 26.3 Å². The Bertz CT molecular complexity index is 840. The summed E-state index contributed by atoms with van der Waals surface area (Å²) in [5.74, 6) is -0.309. The molecule has 2 rings (SSSR count). The van der Waals surface area contributed by atoms with Crippen molar-refractivity contribution in [2.45, 2.75) is 58.7 Å². The maximum atomic E-state index is 12.7. The van der Waals surface area contributed by atoms with Crippen molar-refractivity contribution >= 4 is 12.1 Å². The number of hydrogen-bond donors (Lipinski definition) is 1. The zero-order valence-corrected chi connectivity index (χ0v) is 20.3. The van der Waals surface area contributed by atoms with Crippen LogP contribution in [0.15, 0.2) is 54.6 Å². The summed E-state index contributed by atoms with van der Waals surface area (Å²) in [6, 6.07) is 16.9. The van der Waals surface area contributed by atoms with E-state index >= 15 is 0 Å². The van der Waals surface area contributed by atoms with Crippen LogP contribution in [-0.2, 0) is 27.3 Å². The first kappa shape index (κ1) is 27.2. The molecule has 186 valence electrons. The maximum Gasteiger partial charge on any atom is 0.410 e. The van der Waals surface area contributed by atoms with Gasteiger partial charge in [-0.3, -0.25) is 0 Å². The monoisotopic (exact) mass is 471 g/mol. The molecular formula is C27H37NO6. The molecule has 1 N–H and O–H groups in total. The first-order valence-electron chi connectivity index (χ1n) is 12.0. The molecule has 0 aliphatic heterocycles. The summed E-state index contributed by atoms with van der Waals surface area (Å²) in [6.07, 6.45) is 3.36. The Labute approximate surface area is 202 Å². The molecule has 0 radical (unpaired) electrons. The molecule has 7 heteroatoms. The summed E-state index contributed by atoms with van der Waals surface area (Å²) >= 11 is 0. The van der Waals surface area contributed by atoms with Gasteiger partial charge in [-0.2, -0.15) is 0 Å². The number of unbranched alkanes of at least 4 members (excludes halogenated alkanes) is 3. The van der Waals surface area contributed by atoms with Crippen LogP contribution in [0, 0.1) is 0 Å². The van der Waals surface area contributed by atoms with Crippen LogP contribution in [0.4, 0.5) is 4.79 Å². The second-order valence-electron chi connectivity index (χ2n) is 8.07. The largest absolute Gasteiger partial charge is 0.492 e. The molecule has 0 aliphatic rings. The number of carboxylic acids is 1. The Morgan fingerprint density at radius 3 is 2.29 bits per heavy atom. The number of aliphatic carboxylic acids is 1. The number of carbonyl (C=O) groups is 2. The lowest BCUT2D eigenvalue weighted by molar-refractivity contribution is -0.149. The third-order valence-corrected chi connectivity index (χ3v) is 5.36. The van der Waals surface area contributed by atoms with E-state index in [0.29, 0.717) is 38.5 Å². The number of nitrogens with zero attached hydrogens (tertiary/aromatic N) is 1. The number of hydrogen-bond acceptors (Lipinski definition) is 5. The van der Waals surface area contributed by atoms with Crippen LogP contribution >= 0.6 is 0 Å². The van der Waals surface area contributed by atoms with Gasteiger partial charge in [-0.15, -0.1) is 0 Å². The number of rotatable bonds is 16. The van der Waals surface area contributed by atoms with Crippen LogP contribution in [-0.4, -0.2) is 54.5 Å². The van der Waals surface area contributed by atoms with Crippen LogP contribution in [0.25, 0.3) is 0 Å². The zero-order valence-electron chi connectivity index (χ0n) is 20.3. The molecule has 1 unspecified atom stereocenters. The molecule has 0 bridgehead atoms. The quantitative estimate of drug-likeness (QED) is 0.334. The Kier molecular flexibility index (Phi) is 12.6. The van der Waals surface area contributed by atoms with Gasteiger partial charge in [0, 0.05) is 19.6 Å². The second kappa shape index (κ2) is 15.7. The Hall–Kier alpha value is -3.06. The van der Waals surface area contributed by atoms with E-state index in [1.54, 1.807) is 24.0 Å². The van der Waals surface area contributed by atoms with E-state index in [1.165, 1.54) is 0 Å². The molecule has 0 aromatic heterocycles. The van der Waals surface area contributed by atoms with Crippen molar-refractivity contribution in [2.24, 2.45) is 0 Å². The molecule has 0 fully saturated rings. The van der Waals surface area contributed by atoms with Crippen molar-refractivity contribution < 1.29 is 28.9 Å². The minimum Gasteiger partial charge on any atom is -0.492 e. The minimum absolute atomic E-state index is 0.243. The highest BCUT2D eigenvalue weighted by Crippen LogP contribution is 2.15. The lowest BCUT2D eigenvalue weighted by atomic mass is 10.1. The molecule has 7 nitrogen and oxygen atoms in total. The van der Waals surface area contributed by atoms with Crippen LogP contribution in [0.1, 0.15) is 50.7 Å². The zero-order chi connectivity index (χ0) is 24.6. The number of benzene rings is 2. The number of amides is 1. The van der Waals surface area contributed by atoms with Crippen molar-refractivity contribution in [1.29, 1.82) is 0 Å². The summed E-state index contributed by atoms with van der Waals surface area (Å²) in [7, 11) is 0. The van der Waals surface area contributed by atoms with Gasteiger partial charge in [0.2, 0.25) is 0 Å². The van der Waals surface area contributed by atoms with Gasteiger partial charge < -0.3 is 24.2 Å². The fourth-order valence-corrected chi connectivity index (χ4v) is 3.46. The third-order valence-electron chi connectivity index (χ3n) is 5.36. The minimum atomic E-state index is -0.972. The van der Waals surface area contributed by atoms with Crippen LogP contribution in [0.2, 0.25) is 0 Å². The van der Waals surface area contributed by atoms with Gasteiger partial charge in [0.25, 0.3) is 0 Å². The fourth-order valence-electron chi connectivity index (χ4n) is 3.46. The van der Waals surface area contributed by atoms with E-state index in [2.05, 4.69) is 6.92 Å². The molecule has 1 atom stereocenters. The second-order valence-corrected chi connectivity index (χ2v) is 8.07. The van der Waals surface area contributed by atoms with Gasteiger partial charge in [-0.25, -0.2) is 9.59 Å². The predicted molar refractivity (Wildman–Crippen MR) is 131 cm³/mol. The van der Waals surface area contributed by atoms with Crippen LogP contribution < -0.4 is 4.74 Å². The summed E-state index contributed by atoms with van der Waals surface area (Å²) in [4.78, 5) is 25.6. The molecule has 0 saturated carbocycles. The van der Waals surface area contributed by atoms with Crippen LogP contribution in [0.5, 0.6) is 5.75 Å². The molecule has 0 saturated heterocycles. The van der Waals surface area contributed by atoms with Crippen LogP contribution in [0.3, 0.4) is 0 Å². The summed E-state index contributed by atoms with van der Waals surface area (Å²) in [6.45, 7) is 5.91. The topological polar surface area (TPSA) is 85.3 Å². The van der Waals surface area contributed by atoms with Gasteiger partial charge in [0.05, 0.1) is 6.54 Å². The van der Waals surface area contributed by atoms with Gasteiger partial charge in [0.1, 0.15) is 19.0 Å². The maximum absolute atomic E-state index is 12.7. The van der Waals surface area contributed by atoms with E-state index in [1.807, 2.05) is 42.5 Å². The molecule has 2 aromatic rings. The van der Waals surface area contributed by atoms with E-state index in [9.17, 15) is 14.7 Å². The highest BCUT2D eigenvalue weighted by atomic mass is 16.6. The molecule has 0 aliphatic carbocycles. The van der Waals surface area contributed by atoms with Gasteiger partial charge in [-0.05, 0) is 36.6 Å². The Morgan fingerprint density at radius 2 is 1.65 bits per heavy atom. The molecule has 0 heterocycles. The van der Waals surface area contributed by atoms with Gasteiger partial charge in [-0.1, -0.05) is 68.7 Å². The van der Waals surface area contributed by atoms with Crippen molar-refractivity contribution in [3.63, 3.8) is 0 Å². The number of ether oxygens (including phenoxy) is 3. The molecular weight excluding hydrogens is 434 g/mol. The van der Waals surface area contributed by atoms with Crippen molar-refractivity contribution in [1.82, 2.24) is 4.90 Å². The average Bonchev–Trinajstić information content (AvgIpc) is 2.85. The number of carbonyl (C=O) groups excluding carboxylic acids is 1. The first-order chi connectivity index (χ1) is 16.5. The molecule has 34 heavy (non-hydrogen) atoms. The molecule has 1 amide bonds. The highest BCUT2D eigenvalue weighted by molar-refractivity contribution is 5.72. The number of carboxylic acid groups (broad SMARTS) is 1. The lowest BCUT2D eigenvalue weighted by Crippen LogP contribution is -2.36. The van der Waals surface area contributed by atoms with Crippen molar-refractivity contribution in [3.05, 3.63) is 65.7 Å². The fraction of sp³-hybridized carbons (Fsp3) is 0.481. The van der Waals surface area contributed by atoms with E-state index in [-0.39, 0.29) is 12.7 Å². The van der Waals surface area contributed by atoms with Gasteiger partial charge in [0.15, 0.2) is 6.10 Å². The summed E-state index contributed by atoms with van der Waals surface area (Å²) < 4.78 is 16.6. The van der Waals surface area contributed by atoms with E-state index < -0.39 is 12.1 Å². The Morgan fingerprint density at radius 1 is 0.912 bits per heavy atom. The molecule has 0 spiro atoms. The van der Waals surface area contributed by atoms with Gasteiger partial charge >= 0.3 is 12.1 Å². The smallest absolute Gasteiger partial charge is 0.410 e. The summed E-state index contributed by atoms with van der Waals surface area (Å²) in [5, 5.41) is 9.24. The molecule has 2 aromatic carbocycles. The van der Waals surface area contributed by atoms with E-state index in [4.69, 9.17) is 14.2 Å². The normalized spacial score (nSPS) is 11.6. The highest BCUT2D eigenvalue weighted by Gasteiger charge is 2.18. The SMILES string of the molecule is CCCCCCN(CCOc1ccc(CC(OCC)C(=O)O)cc1)C(=O)OCc1ccccc1. The third kappa shape index (κ3) is 10.3. The Balaban J connectivity index is 1.85.